The molecule has 3 heteroatoms. The number of hydrogen-bond acceptors (Lipinski definition) is 3. The molecule has 0 unspecified atom stereocenters. The van der Waals surface area contributed by atoms with Crippen molar-refractivity contribution in [3.05, 3.63) is 29.8 Å². The summed E-state index contributed by atoms with van der Waals surface area (Å²) in [6.07, 6.45) is 0. The molecule has 0 atom stereocenters. The third kappa shape index (κ3) is 4.21. The van der Waals surface area contributed by atoms with E-state index in [1.54, 1.807) is 14.2 Å². The van der Waals surface area contributed by atoms with Crippen LogP contribution in [-0.2, 0) is 11.3 Å². The second-order valence-electron chi connectivity index (χ2n) is 4.52. The van der Waals surface area contributed by atoms with Crippen molar-refractivity contribution in [1.82, 2.24) is 5.32 Å². The van der Waals surface area contributed by atoms with E-state index in [1.165, 1.54) is 5.56 Å². The highest BCUT2D eigenvalue weighted by atomic mass is 16.5. The van der Waals surface area contributed by atoms with Crippen molar-refractivity contribution in [1.29, 1.82) is 0 Å². The van der Waals surface area contributed by atoms with E-state index in [2.05, 4.69) is 25.2 Å². The highest BCUT2D eigenvalue weighted by molar-refractivity contribution is 5.28. The Morgan fingerprint density at radius 1 is 1.25 bits per heavy atom. The Kier molecular flexibility index (Phi) is 4.77. The Morgan fingerprint density at radius 2 is 2.00 bits per heavy atom. The lowest BCUT2D eigenvalue weighted by molar-refractivity contribution is 0.127. The predicted octanol–water partition coefficient (Wildman–Crippen LogP) is 2.21. The van der Waals surface area contributed by atoms with Gasteiger partial charge < -0.3 is 14.8 Å². The van der Waals surface area contributed by atoms with E-state index in [-0.39, 0.29) is 5.54 Å². The molecule has 0 aliphatic heterocycles. The Labute approximate surface area is 97.8 Å². The molecule has 0 heterocycles. The van der Waals surface area contributed by atoms with Crippen LogP contribution in [0.1, 0.15) is 19.4 Å². The molecule has 1 N–H and O–H groups in total. The minimum absolute atomic E-state index is 0.0160. The minimum atomic E-state index is -0.0160. The van der Waals surface area contributed by atoms with Gasteiger partial charge >= 0.3 is 0 Å². The molecule has 0 bridgehead atoms. The molecule has 0 aromatic heterocycles. The van der Waals surface area contributed by atoms with Crippen LogP contribution in [0.3, 0.4) is 0 Å². The first-order chi connectivity index (χ1) is 7.57. The van der Waals surface area contributed by atoms with E-state index in [1.807, 2.05) is 18.2 Å². The van der Waals surface area contributed by atoms with Crippen LogP contribution in [0.5, 0.6) is 5.75 Å². The summed E-state index contributed by atoms with van der Waals surface area (Å²) >= 11 is 0. The van der Waals surface area contributed by atoms with Gasteiger partial charge in [0.15, 0.2) is 0 Å². The second-order valence-corrected chi connectivity index (χ2v) is 4.52. The molecule has 16 heavy (non-hydrogen) atoms. The zero-order valence-corrected chi connectivity index (χ0v) is 10.5. The summed E-state index contributed by atoms with van der Waals surface area (Å²) in [7, 11) is 3.40. The standard InChI is InChI=1S/C13H21NO2/c1-13(2,10-15-3)14-9-11-6-5-7-12(8-11)16-4/h5-8,14H,9-10H2,1-4H3. The maximum absolute atomic E-state index is 5.18. The summed E-state index contributed by atoms with van der Waals surface area (Å²) < 4.78 is 10.3. The van der Waals surface area contributed by atoms with E-state index in [9.17, 15) is 0 Å². The maximum Gasteiger partial charge on any atom is 0.119 e. The molecule has 0 radical (unpaired) electrons. The van der Waals surface area contributed by atoms with E-state index in [0.717, 1.165) is 12.3 Å². The Balaban J connectivity index is 2.53. The number of nitrogens with one attached hydrogen (secondary N) is 1. The van der Waals surface area contributed by atoms with Crippen LogP contribution in [0.25, 0.3) is 0 Å². The monoisotopic (exact) mass is 223 g/mol. The lowest BCUT2D eigenvalue weighted by Crippen LogP contribution is -2.42. The number of hydrogen-bond donors (Lipinski definition) is 1. The van der Waals surface area contributed by atoms with Gasteiger partial charge in [-0.15, -0.1) is 0 Å². The van der Waals surface area contributed by atoms with Gasteiger partial charge in [0.05, 0.1) is 13.7 Å². The minimum Gasteiger partial charge on any atom is -0.497 e. The lowest BCUT2D eigenvalue weighted by atomic mass is 10.1. The molecule has 0 fully saturated rings. The summed E-state index contributed by atoms with van der Waals surface area (Å²) in [5, 5.41) is 3.45. The fourth-order valence-electron chi connectivity index (χ4n) is 1.54. The van der Waals surface area contributed by atoms with E-state index >= 15 is 0 Å². The summed E-state index contributed by atoms with van der Waals surface area (Å²) in [6.45, 7) is 5.75. The van der Waals surface area contributed by atoms with Crippen molar-refractivity contribution in [2.75, 3.05) is 20.8 Å². The van der Waals surface area contributed by atoms with Crippen LogP contribution < -0.4 is 10.1 Å². The quantitative estimate of drug-likeness (QED) is 0.802. The number of benzene rings is 1. The summed E-state index contributed by atoms with van der Waals surface area (Å²) in [6, 6.07) is 8.07. The van der Waals surface area contributed by atoms with Crippen LogP contribution in [0.2, 0.25) is 0 Å². The third-order valence-corrected chi connectivity index (χ3v) is 2.41. The van der Waals surface area contributed by atoms with Crippen LogP contribution in [-0.4, -0.2) is 26.4 Å². The van der Waals surface area contributed by atoms with Crippen LogP contribution in [0, 0.1) is 0 Å². The molecule has 1 aromatic rings. The fourth-order valence-corrected chi connectivity index (χ4v) is 1.54. The molecule has 1 aromatic carbocycles. The average molecular weight is 223 g/mol. The molecule has 0 amide bonds. The summed E-state index contributed by atoms with van der Waals surface area (Å²) in [5.41, 5.74) is 1.20. The highest BCUT2D eigenvalue weighted by Crippen LogP contribution is 2.13. The lowest BCUT2D eigenvalue weighted by Gasteiger charge is -2.25. The smallest absolute Gasteiger partial charge is 0.119 e. The van der Waals surface area contributed by atoms with Crippen molar-refractivity contribution in [3.8, 4) is 5.75 Å². The molecular weight excluding hydrogens is 202 g/mol. The average Bonchev–Trinajstić information content (AvgIpc) is 2.27. The Morgan fingerprint density at radius 3 is 2.62 bits per heavy atom. The van der Waals surface area contributed by atoms with Crippen LogP contribution in [0.4, 0.5) is 0 Å². The van der Waals surface area contributed by atoms with Crippen molar-refractivity contribution in [2.45, 2.75) is 25.9 Å². The largest absolute Gasteiger partial charge is 0.497 e. The first kappa shape index (κ1) is 13.0. The van der Waals surface area contributed by atoms with Crippen molar-refractivity contribution in [3.63, 3.8) is 0 Å². The number of methoxy groups -OCH3 is 2. The normalized spacial score (nSPS) is 11.5. The molecular formula is C13H21NO2. The van der Waals surface area contributed by atoms with Gasteiger partial charge in [0.1, 0.15) is 5.75 Å². The maximum atomic E-state index is 5.18. The Hall–Kier alpha value is -1.06. The Bertz CT molecular complexity index is 323. The van der Waals surface area contributed by atoms with E-state index in [0.29, 0.717) is 6.61 Å². The van der Waals surface area contributed by atoms with E-state index in [4.69, 9.17) is 9.47 Å². The van der Waals surface area contributed by atoms with Gasteiger partial charge in [0, 0.05) is 19.2 Å². The van der Waals surface area contributed by atoms with E-state index < -0.39 is 0 Å². The summed E-state index contributed by atoms with van der Waals surface area (Å²) in [5.74, 6) is 0.892. The fraction of sp³-hybridized carbons (Fsp3) is 0.538. The molecule has 3 nitrogen and oxygen atoms in total. The van der Waals surface area contributed by atoms with Crippen molar-refractivity contribution in [2.24, 2.45) is 0 Å². The molecule has 90 valence electrons. The SMILES string of the molecule is COCC(C)(C)NCc1cccc(OC)c1. The van der Waals surface area contributed by atoms with Gasteiger partial charge in [0.25, 0.3) is 0 Å². The predicted molar refractivity (Wildman–Crippen MR) is 65.8 cm³/mol. The number of ether oxygens (including phenoxy) is 2. The van der Waals surface area contributed by atoms with Gasteiger partial charge in [-0.1, -0.05) is 12.1 Å². The molecule has 0 aliphatic rings. The van der Waals surface area contributed by atoms with Gasteiger partial charge in [-0.05, 0) is 31.5 Å². The van der Waals surface area contributed by atoms with Crippen LogP contribution >= 0.6 is 0 Å². The molecule has 0 aliphatic carbocycles. The highest BCUT2D eigenvalue weighted by Gasteiger charge is 2.16. The third-order valence-electron chi connectivity index (χ3n) is 2.41. The second kappa shape index (κ2) is 5.87. The summed E-state index contributed by atoms with van der Waals surface area (Å²) in [4.78, 5) is 0. The van der Waals surface area contributed by atoms with Crippen molar-refractivity contribution < 1.29 is 9.47 Å². The van der Waals surface area contributed by atoms with Gasteiger partial charge in [-0.2, -0.15) is 0 Å². The molecule has 0 saturated heterocycles. The topological polar surface area (TPSA) is 30.5 Å². The zero-order valence-electron chi connectivity index (χ0n) is 10.5. The zero-order chi connectivity index (χ0) is 12.0. The van der Waals surface area contributed by atoms with Crippen LogP contribution in [0.15, 0.2) is 24.3 Å². The molecule has 1 rings (SSSR count). The first-order valence-corrected chi connectivity index (χ1v) is 5.44. The number of rotatable bonds is 6. The van der Waals surface area contributed by atoms with Gasteiger partial charge in [-0.3, -0.25) is 0 Å². The van der Waals surface area contributed by atoms with Crippen molar-refractivity contribution >= 4 is 0 Å². The molecule has 0 spiro atoms. The first-order valence-electron chi connectivity index (χ1n) is 5.44. The van der Waals surface area contributed by atoms with Gasteiger partial charge in [-0.25, -0.2) is 0 Å². The van der Waals surface area contributed by atoms with Gasteiger partial charge in [0.2, 0.25) is 0 Å². The molecule has 0 saturated carbocycles.